The van der Waals surface area contributed by atoms with Crippen LogP contribution in [0.3, 0.4) is 0 Å². The van der Waals surface area contributed by atoms with Gasteiger partial charge < -0.3 is 9.64 Å². The molecule has 6 nitrogen and oxygen atoms in total. The van der Waals surface area contributed by atoms with E-state index in [2.05, 4.69) is 0 Å². The molecule has 0 unspecified atom stereocenters. The predicted molar refractivity (Wildman–Crippen MR) is 121 cm³/mol. The molecule has 0 bridgehead atoms. The number of halogens is 2. The summed E-state index contributed by atoms with van der Waals surface area (Å²) in [5.41, 5.74) is 0.585. The number of carbonyl (C=O) groups excluding carboxylic acids is 1. The maximum absolute atomic E-state index is 14.0. The molecule has 1 fully saturated rings. The predicted octanol–water partition coefficient (Wildman–Crippen LogP) is 3.83. The van der Waals surface area contributed by atoms with Crippen LogP contribution in [0.1, 0.15) is 37.8 Å². The molecule has 1 aliphatic rings. The number of amides is 1. The highest BCUT2D eigenvalue weighted by Crippen LogP contribution is 2.39. The van der Waals surface area contributed by atoms with Gasteiger partial charge in [0.25, 0.3) is 10.1 Å². The lowest BCUT2D eigenvalue weighted by Crippen LogP contribution is -2.36. The van der Waals surface area contributed by atoms with Crippen LogP contribution < -0.4 is 4.74 Å². The van der Waals surface area contributed by atoms with Gasteiger partial charge in [-0.05, 0) is 62.1 Å². The highest BCUT2D eigenvalue weighted by molar-refractivity contribution is 7.85. The molecular formula is C24H29F2NO5S. The monoisotopic (exact) mass is 481 g/mol. The molecule has 0 N–H and O–H groups in total. The van der Waals surface area contributed by atoms with Crippen LogP contribution in [0.5, 0.6) is 5.75 Å². The van der Waals surface area contributed by atoms with Gasteiger partial charge in [-0.1, -0.05) is 18.2 Å². The number of benzene rings is 2. The summed E-state index contributed by atoms with van der Waals surface area (Å²) in [4.78, 5) is 14.7. The minimum Gasteiger partial charge on any atom is -0.491 e. The summed E-state index contributed by atoms with van der Waals surface area (Å²) in [6, 6.07) is 11.0. The number of carbonyl (C=O) groups is 1. The number of hydrogen-bond acceptors (Lipinski definition) is 5. The van der Waals surface area contributed by atoms with Crippen LogP contribution in [0.4, 0.5) is 8.78 Å². The van der Waals surface area contributed by atoms with E-state index < -0.39 is 27.2 Å². The van der Waals surface area contributed by atoms with Gasteiger partial charge >= 0.3 is 0 Å². The van der Waals surface area contributed by atoms with Gasteiger partial charge in [0.2, 0.25) is 5.91 Å². The first-order chi connectivity index (χ1) is 15.5. The quantitative estimate of drug-likeness (QED) is 0.509. The fourth-order valence-electron chi connectivity index (χ4n) is 4.17. The van der Waals surface area contributed by atoms with Gasteiger partial charge in [-0.25, -0.2) is 8.78 Å². The molecule has 1 saturated heterocycles. The summed E-state index contributed by atoms with van der Waals surface area (Å²) < 4.78 is 60.9. The Morgan fingerprint density at radius 2 is 1.91 bits per heavy atom. The molecule has 9 heteroatoms. The molecule has 1 heterocycles. The topological polar surface area (TPSA) is 72.9 Å². The van der Waals surface area contributed by atoms with E-state index in [-0.39, 0.29) is 38.0 Å². The summed E-state index contributed by atoms with van der Waals surface area (Å²) in [6.07, 6.45) is 1.86. The number of nitrogens with zero attached hydrogens (tertiary/aromatic N) is 1. The number of ether oxygens (including phenoxy) is 1. The van der Waals surface area contributed by atoms with Gasteiger partial charge in [-0.15, -0.1) is 0 Å². The largest absolute Gasteiger partial charge is 0.491 e. The van der Waals surface area contributed by atoms with Crippen molar-refractivity contribution in [2.45, 2.75) is 44.6 Å². The molecule has 1 amide bonds. The van der Waals surface area contributed by atoms with Gasteiger partial charge in [-0.3, -0.25) is 8.98 Å². The van der Waals surface area contributed by atoms with Crippen molar-refractivity contribution in [3.05, 3.63) is 65.2 Å². The smallest absolute Gasteiger partial charge is 0.264 e. The van der Waals surface area contributed by atoms with Crippen LogP contribution in [0, 0.1) is 11.6 Å². The van der Waals surface area contributed by atoms with E-state index >= 15 is 0 Å². The van der Waals surface area contributed by atoms with E-state index in [9.17, 15) is 22.0 Å². The lowest BCUT2D eigenvalue weighted by Gasteiger charge is -2.30. The number of rotatable bonds is 9. The van der Waals surface area contributed by atoms with Gasteiger partial charge in [0.05, 0.1) is 25.4 Å². The summed E-state index contributed by atoms with van der Waals surface area (Å²) >= 11 is 0. The Labute approximate surface area is 193 Å². The molecule has 0 aromatic heterocycles. The summed E-state index contributed by atoms with van der Waals surface area (Å²) in [5.74, 6) is -1.37. The Morgan fingerprint density at radius 1 is 1.15 bits per heavy atom. The number of hydrogen-bond donors (Lipinski definition) is 0. The summed E-state index contributed by atoms with van der Waals surface area (Å²) in [5, 5.41) is 0. The van der Waals surface area contributed by atoms with E-state index in [4.69, 9.17) is 8.92 Å². The third-order valence-corrected chi connectivity index (χ3v) is 6.34. The zero-order valence-electron chi connectivity index (χ0n) is 19.0. The summed E-state index contributed by atoms with van der Waals surface area (Å²) in [7, 11) is -3.65. The maximum atomic E-state index is 14.0. The Balaban J connectivity index is 1.77. The van der Waals surface area contributed by atoms with Gasteiger partial charge in [-0.2, -0.15) is 8.42 Å². The van der Waals surface area contributed by atoms with Crippen molar-refractivity contribution in [1.29, 1.82) is 0 Å². The second-order valence-corrected chi connectivity index (χ2v) is 10.4. The molecule has 0 spiro atoms. The molecule has 1 atom stereocenters. The zero-order valence-corrected chi connectivity index (χ0v) is 19.8. The van der Waals surface area contributed by atoms with E-state index in [1.165, 1.54) is 6.07 Å². The van der Waals surface area contributed by atoms with Crippen molar-refractivity contribution in [2.24, 2.45) is 0 Å². The van der Waals surface area contributed by atoms with Crippen molar-refractivity contribution in [1.82, 2.24) is 4.90 Å². The number of likely N-dealkylation sites (tertiary alicyclic amines) is 1. The Morgan fingerprint density at radius 3 is 2.58 bits per heavy atom. The molecular weight excluding hydrogens is 452 g/mol. The lowest BCUT2D eigenvalue weighted by molar-refractivity contribution is -0.129. The average Bonchev–Trinajstić information content (AvgIpc) is 3.14. The lowest BCUT2D eigenvalue weighted by atomic mass is 9.77. The van der Waals surface area contributed by atoms with E-state index in [0.717, 1.165) is 24.0 Å². The van der Waals surface area contributed by atoms with Crippen molar-refractivity contribution in [3.8, 4) is 5.75 Å². The molecule has 3 rings (SSSR count). The molecule has 1 aliphatic heterocycles. The van der Waals surface area contributed by atoms with E-state index in [0.29, 0.717) is 24.3 Å². The Hall–Kier alpha value is -2.52. The van der Waals surface area contributed by atoms with Crippen molar-refractivity contribution < 1.29 is 30.9 Å². The maximum Gasteiger partial charge on any atom is 0.264 e. The fourth-order valence-corrected chi connectivity index (χ4v) is 4.56. The Kier molecular flexibility index (Phi) is 7.74. The van der Waals surface area contributed by atoms with Gasteiger partial charge in [0.1, 0.15) is 5.75 Å². The van der Waals surface area contributed by atoms with Gasteiger partial charge in [0, 0.05) is 18.5 Å². The van der Waals surface area contributed by atoms with Crippen LogP contribution in [0.2, 0.25) is 0 Å². The third kappa shape index (κ3) is 6.74. The highest BCUT2D eigenvalue weighted by Gasteiger charge is 2.41. The average molecular weight is 482 g/mol. The minimum atomic E-state index is -3.65. The second kappa shape index (κ2) is 10.2. The van der Waals surface area contributed by atoms with Crippen molar-refractivity contribution in [2.75, 3.05) is 26.0 Å². The molecule has 2 aromatic carbocycles. The normalized spacial score (nSPS) is 18.7. The van der Waals surface area contributed by atoms with Crippen LogP contribution in [0.25, 0.3) is 0 Å². The molecule has 0 radical (unpaired) electrons. The third-order valence-electron chi connectivity index (χ3n) is 5.74. The van der Waals surface area contributed by atoms with Crippen LogP contribution in [-0.4, -0.2) is 51.3 Å². The zero-order chi connectivity index (χ0) is 24.2. The molecule has 2 aromatic rings. The van der Waals surface area contributed by atoms with Crippen LogP contribution in [-0.2, 0) is 30.9 Å². The minimum absolute atomic E-state index is 0.0143. The highest BCUT2D eigenvalue weighted by atomic mass is 32.2. The standard InChI is InChI=1S/C24H29F2NO5S/c1-17(2)32-20-6-4-5-18(13-20)14-23(28)27-11-9-24(16-27,10-12-31-33(3,29)30)19-7-8-21(25)22(26)15-19/h4-8,13,15,17H,9-12,14,16H2,1-3H3/t24-/m1/s1. The molecule has 180 valence electrons. The summed E-state index contributed by atoms with van der Waals surface area (Å²) in [6.45, 7) is 4.40. The van der Waals surface area contributed by atoms with Crippen molar-refractivity contribution >= 4 is 16.0 Å². The van der Waals surface area contributed by atoms with Gasteiger partial charge in [0.15, 0.2) is 11.6 Å². The first kappa shape index (κ1) is 25.1. The van der Waals surface area contributed by atoms with Crippen LogP contribution in [0.15, 0.2) is 42.5 Å². The van der Waals surface area contributed by atoms with Crippen LogP contribution >= 0.6 is 0 Å². The Bertz CT molecular complexity index is 1110. The molecule has 33 heavy (non-hydrogen) atoms. The second-order valence-electron chi connectivity index (χ2n) is 8.74. The van der Waals surface area contributed by atoms with E-state index in [1.807, 2.05) is 38.1 Å². The SMILES string of the molecule is CC(C)Oc1cccc(CC(=O)N2CC[C@](CCOS(C)(=O)=O)(c3ccc(F)c(F)c3)C2)c1. The first-order valence-corrected chi connectivity index (χ1v) is 12.6. The molecule has 0 saturated carbocycles. The first-order valence-electron chi connectivity index (χ1n) is 10.8. The van der Waals surface area contributed by atoms with Crippen molar-refractivity contribution in [3.63, 3.8) is 0 Å². The fraction of sp³-hybridized carbons (Fsp3) is 0.458. The molecule has 0 aliphatic carbocycles. The van der Waals surface area contributed by atoms with E-state index in [1.54, 1.807) is 4.90 Å².